The van der Waals surface area contributed by atoms with Crippen molar-refractivity contribution in [3.8, 4) is 0 Å². The SMILES string of the molecule is CC(C)CCC(C)Nc1ccccc1N=O.O=Nc1ccccc1Nc1ccccc1. The number of hydrogen-bond donors (Lipinski definition) is 2. The van der Waals surface area contributed by atoms with Crippen LogP contribution in [0.5, 0.6) is 0 Å². The fourth-order valence-electron chi connectivity index (χ4n) is 2.93. The van der Waals surface area contributed by atoms with Crippen molar-refractivity contribution in [3.05, 3.63) is 88.7 Å². The average molecular weight is 419 g/mol. The van der Waals surface area contributed by atoms with Crippen molar-refractivity contribution in [2.24, 2.45) is 16.3 Å². The summed E-state index contributed by atoms with van der Waals surface area (Å²) in [6.45, 7) is 6.56. The van der Waals surface area contributed by atoms with Crippen LogP contribution in [0.3, 0.4) is 0 Å². The Kier molecular flexibility index (Phi) is 9.88. The molecule has 0 spiro atoms. The molecular formula is C25H30N4O2. The Hall–Kier alpha value is -3.54. The van der Waals surface area contributed by atoms with E-state index in [-0.39, 0.29) is 0 Å². The van der Waals surface area contributed by atoms with Gasteiger partial charge >= 0.3 is 0 Å². The summed E-state index contributed by atoms with van der Waals surface area (Å²) in [6, 6.07) is 24.5. The smallest absolute Gasteiger partial charge is 0.131 e. The lowest BCUT2D eigenvalue weighted by Crippen LogP contribution is -2.15. The molecule has 31 heavy (non-hydrogen) atoms. The Morgan fingerprint density at radius 1 is 0.677 bits per heavy atom. The third-order valence-electron chi connectivity index (χ3n) is 4.64. The number of para-hydroxylation sites is 3. The number of nitrogens with zero attached hydrogens (tertiary/aromatic N) is 2. The highest BCUT2D eigenvalue weighted by molar-refractivity contribution is 5.71. The van der Waals surface area contributed by atoms with Crippen LogP contribution < -0.4 is 10.6 Å². The van der Waals surface area contributed by atoms with Crippen LogP contribution in [0.4, 0.5) is 28.4 Å². The molecule has 6 heteroatoms. The van der Waals surface area contributed by atoms with Crippen LogP contribution in [0.25, 0.3) is 0 Å². The molecule has 0 bridgehead atoms. The van der Waals surface area contributed by atoms with Gasteiger partial charge in [-0.15, -0.1) is 9.81 Å². The summed E-state index contributed by atoms with van der Waals surface area (Å²) in [6.07, 6.45) is 2.29. The minimum Gasteiger partial charge on any atom is -0.381 e. The van der Waals surface area contributed by atoms with Gasteiger partial charge in [-0.2, -0.15) is 0 Å². The molecule has 1 unspecified atom stereocenters. The molecule has 3 rings (SSSR count). The lowest BCUT2D eigenvalue weighted by molar-refractivity contribution is 0.528. The van der Waals surface area contributed by atoms with Gasteiger partial charge in [-0.05, 0) is 72.4 Å². The highest BCUT2D eigenvalue weighted by Gasteiger charge is 2.07. The molecule has 6 nitrogen and oxygen atoms in total. The van der Waals surface area contributed by atoms with Crippen molar-refractivity contribution >= 4 is 28.4 Å². The van der Waals surface area contributed by atoms with Gasteiger partial charge in [0, 0.05) is 11.7 Å². The number of nitrogens with one attached hydrogen (secondary N) is 2. The summed E-state index contributed by atoms with van der Waals surface area (Å²) >= 11 is 0. The maximum atomic E-state index is 10.6. The summed E-state index contributed by atoms with van der Waals surface area (Å²) < 4.78 is 0. The van der Waals surface area contributed by atoms with Crippen LogP contribution in [0.15, 0.2) is 89.2 Å². The lowest BCUT2D eigenvalue weighted by atomic mass is 10.0. The fourth-order valence-corrected chi connectivity index (χ4v) is 2.93. The van der Waals surface area contributed by atoms with Crippen molar-refractivity contribution in [1.29, 1.82) is 0 Å². The van der Waals surface area contributed by atoms with Gasteiger partial charge in [0.2, 0.25) is 0 Å². The van der Waals surface area contributed by atoms with Gasteiger partial charge in [-0.25, -0.2) is 0 Å². The second kappa shape index (κ2) is 12.9. The van der Waals surface area contributed by atoms with Crippen LogP contribution in [-0.4, -0.2) is 6.04 Å². The van der Waals surface area contributed by atoms with E-state index in [4.69, 9.17) is 0 Å². The standard InChI is InChI=1S/C13H20N2O.C12H10N2O/c1-10(2)8-9-11(3)14-12-6-4-5-7-13(12)15-16;15-14-12-9-5-4-8-11(12)13-10-6-2-1-3-7-10/h4-7,10-11,14H,8-9H2,1-3H3;1-9,13H. The third kappa shape index (κ3) is 8.38. The Morgan fingerprint density at radius 2 is 1.19 bits per heavy atom. The highest BCUT2D eigenvalue weighted by Crippen LogP contribution is 2.27. The molecule has 0 aliphatic heterocycles. The Morgan fingerprint density at radius 3 is 1.77 bits per heavy atom. The number of rotatable bonds is 9. The maximum Gasteiger partial charge on any atom is 0.131 e. The molecule has 1 atom stereocenters. The number of benzene rings is 3. The summed E-state index contributed by atoms with van der Waals surface area (Å²) in [5.74, 6) is 0.712. The number of anilines is 3. The van der Waals surface area contributed by atoms with Gasteiger partial charge in [0.15, 0.2) is 0 Å². The maximum absolute atomic E-state index is 10.6. The average Bonchev–Trinajstić information content (AvgIpc) is 2.79. The Bertz CT molecular complexity index is 945. The van der Waals surface area contributed by atoms with Gasteiger partial charge in [-0.1, -0.05) is 56.3 Å². The molecule has 3 aromatic carbocycles. The topological polar surface area (TPSA) is 82.9 Å². The molecule has 2 N–H and O–H groups in total. The second-order valence-electron chi connectivity index (χ2n) is 7.72. The van der Waals surface area contributed by atoms with E-state index in [1.54, 1.807) is 18.2 Å². The molecular weight excluding hydrogens is 388 g/mol. The fraction of sp³-hybridized carbons (Fsp3) is 0.280. The monoisotopic (exact) mass is 418 g/mol. The normalized spacial score (nSPS) is 11.1. The van der Waals surface area contributed by atoms with Gasteiger partial charge < -0.3 is 10.6 Å². The number of hydrogen-bond acceptors (Lipinski definition) is 6. The van der Waals surface area contributed by atoms with Gasteiger partial charge in [0.05, 0.1) is 11.4 Å². The highest BCUT2D eigenvalue weighted by atomic mass is 16.3. The summed E-state index contributed by atoms with van der Waals surface area (Å²) in [4.78, 5) is 21.1. The van der Waals surface area contributed by atoms with E-state index in [9.17, 15) is 9.81 Å². The lowest BCUT2D eigenvalue weighted by Gasteiger charge is -2.16. The van der Waals surface area contributed by atoms with Crippen molar-refractivity contribution < 1.29 is 0 Å². The molecule has 0 saturated heterocycles. The molecule has 0 fully saturated rings. The summed E-state index contributed by atoms with van der Waals surface area (Å²) in [5.41, 5.74) is 3.39. The Balaban J connectivity index is 0.000000220. The first-order valence-electron chi connectivity index (χ1n) is 10.5. The second-order valence-corrected chi connectivity index (χ2v) is 7.72. The minimum absolute atomic E-state index is 0.366. The van der Waals surface area contributed by atoms with Crippen LogP contribution in [0.2, 0.25) is 0 Å². The van der Waals surface area contributed by atoms with Crippen LogP contribution in [0.1, 0.15) is 33.6 Å². The molecule has 0 aromatic heterocycles. The van der Waals surface area contributed by atoms with E-state index < -0.39 is 0 Å². The number of nitroso groups, excluding NO2 is 2. The largest absolute Gasteiger partial charge is 0.381 e. The summed E-state index contributed by atoms with van der Waals surface area (Å²) in [7, 11) is 0. The van der Waals surface area contributed by atoms with Crippen molar-refractivity contribution in [1.82, 2.24) is 0 Å². The zero-order valence-electron chi connectivity index (χ0n) is 18.3. The summed E-state index contributed by atoms with van der Waals surface area (Å²) in [5, 5.41) is 12.4. The molecule has 0 amide bonds. The molecule has 0 radical (unpaired) electrons. The Labute approximate surface area is 184 Å². The molecule has 0 heterocycles. The molecule has 0 aliphatic rings. The van der Waals surface area contributed by atoms with Gasteiger partial charge in [0.25, 0.3) is 0 Å². The zero-order chi connectivity index (χ0) is 22.5. The predicted octanol–water partition coefficient (Wildman–Crippen LogP) is 8.15. The first-order chi connectivity index (χ1) is 15.0. The van der Waals surface area contributed by atoms with Crippen LogP contribution in [0, 0.1) is 15.7 Å². The van der Waals surface area contributed by atoms with Crippen molar-refractivity contribution in [2.75, 3.05) is 10.6 Å². The predicted molar refractivity (Wildman–Crippen MR) is 131 cm³/mol. The first kappa shape index (κ1) is 23.7. The first-order valence-corrected chi connectivity index (χ1v) is 10.5. The third-order valence-corrected chi connectivity index (χ3v) is 4.64. The van der Waals surface area contributed by atoms with Crippen LogP contribution >= 0.6 is 0 Å². The quantitative estimate of drug-likeness (QED) is 0.343. The molecule has 0 saturated carbocycles. The van der Waals surface area contributed by atoms with Crippen molar-refractivity contribution in [2.45, 2.75) is 39.7 Å². The molecule has 0 aliphatic carbocycles. The van der Waals surface area contributed by atoms with E-state index in [1.165, 1.54) is 6.42 Å². The van der Waals surface area contributed by atoms with Crippen LogP contribution in [-0.2, 0) is 0 Å². The minimum atomic E-state index is 0.366. The van der Waals surface area contributed by atoms with Crippen molar-refractivity contribution in [3.63, 3.8) is 0 Å². The van der Waals surface area contributed by atoms with Gasteiger partial charge in [0.1, 0.15) is 11.4 Å². The van der Waals surface area contributed by atoms with E-state index in [0.717, 1.165) is 23.5 Å². The van der Waals surface area contributed by atoms with E-state index in [2.05, 4.69) is 41.8 Å². The van der Waals surface area contributed by atoms with Gasteiger partial charge in [-0.3, -0.25) is 0 Å². The van der Waals surface area contributed by atoms with E-state index in [1.807, 2.05) is 60.7 Å². The van der Waals surface area contributed by atoms with E-state index in [0.29, 0.717) is 23.3 Å². The zero-order valence-corrected chi connectivity index (χ0v) is 18.3. The van der Waals surface area contributed by atoms with E-state index >= 15 is 0 Å². The molecule has 162 valence electrons. The molecule has 3 aromatic rings.